The van der Waals surface area contributed by atoms with E-state index in [9.17, 15) is 9.59 Å². The van der Waals surface area contributed by atoms with Crippen LogP contribution < -0.4 is 5.73 Å². The molecule has 4 nitrogen and oxygen atoms in total. The lowest BCUT2D eigenvalue weighted by molar-refractivity contribution is 0.00707. The number of esters is 1. The SMILES string of the molecule is CC(C)(C)OC(=O)c1ccc(C=O)cc1N. The Kier molecular flexibility index (Phi) is 3.32. The topological polar surface area (TPSA) is 69.4 Å². The first-order valence-electron chi connectivity index (χ1n) is 4.91. The summed E-state index contributed by atoms with van der Waals surface area (Å²) < 4.78 is 5.17. The van der Waals surface area contributed by atoms with E-state index in [0.29, 0.717) is 11.8 Å². The van der Waals surface area contributed by atoms with Gasteiger partial charge in [-0.2, -0.15) is 0 Å². The van der Waals surface area contributed by atoms with Crippen LogP contribution in [0.3, 0.4) is 0 Å². The van der Waals surface area contributed by atoms with Gasteiger partial charge in [0.05, 0.1) is 5.56 Å². The number of nitrogens with two attached hydrogens (primary N) is 1. The van der Waals surface area contributed by atoms with Gasteiger partial charge in [0.2, 0.25) is 0 Å². The number of aldehydes is 1. The van der Waals surface area contributed by atoms with Crippen molar-refractivity contribution in [3.8, 4) is 0 Å². The fraction of sp³-hybridized carbons (Fsp3) is 0.333. The molecule has 0 aromatic heterocycles. The van der Waals surface area contributed by atoms with Gasteiger partial charge >= 0.3 is 5.97 Å². The zero-order chi connectivity index (χ0) is 12.3. The zero-order valence-corrected chi connectivity index (χ0v) is 9.61. The molecule has 0 saturated heterocycles. The predicted molar refractivity (Wildman–Crippen MR) is 61.4 cm³/mol. The molecule has 86 valence electrons. The molecule has 0 saturated carbocycles. The van der Waals surface area contributed by atoms with Crippen molar-refractivity contribution in [1.29, 1.82) is 0 Å². The van der Waals surface area contributed by atoms with E-state index in [1.54, 1.807) is 20.8 Å². The summed E-state index contributed by atoms with van der Waals surface area (Å²) >= 11 is 0. The lowest BCUT2D eigenvalue weighted by Gasteiger charge is -2.20. The summed E-state index contributed by atoms with van der Waals surface area (Å²) in [4.78, 5) is 22.2. The average molecular weight is 221 g/mol. The summed E-state index contributed by atoms with van der Waals surface area (Å²) in [7, 11) is 0. The fourth-order valence-electron chi connectivity index (χ4n) is 1.17. The first kappa shape index (κ1) is 12.2. The van der Waals surface area contributed by atoms with E-state index in [2.05, 4.69) is 0 Å². The minimum Gasteiger partial charge on any atom is -0.456 e. The fourth-order valence-corrected chi connectivity index (χ4v) is 1.17. The lowest BCUT2D eigenvalue weighted by atomic mass is 10.1. The van der Waals surface area contributed by atoms with Crippen LogP contribution in [0.2, 0.25) is 0 Å². The molecular formula is C12H15NO3. The molecule has 0 atom stereocenters. The van der Waals surface area contributed by atoms with Gasteiger partial charge in [-0.1, -0.05) is 6.07 Å². The van der Waals surface area contributed by atoms with E-state index in [-0.39, 0.29) is 11.3 Å². The van der Waals surface area contributed by atoms with Gasteiger partial charge in [0.25, 0.3) is 0 Å². The van der Waals surface area contributed by atoms with E-state index >= 15 is 0 Å². The first-order chi connectivity index (χ1) is 7.33. The molecule has 0 aliphatic carbocycles. The summed E-state index contributed by atoms with van der Waals surface area (Å²) in [6.45, 7) is 5.34. The maximum atomic E-state index is 11.7. The molecule has 1 rings (SSSR count). The third-order valence-electron chi connectivity index (χ3n) is 1.83. The molecule has 4 heteroatoms. The summed E-state index contributed by atoms with van der Waals surface area (Å²) in [5, 5.41) is 0. The molecule has 0 bridgehead atoms. The molecule has 1 aromatic carbocycles. The molecule has 16 heavy (non-hydrogen) atoms. The highest BCUT2D eigenvalue weighted by Crippen LogP contribution is 2.18. The average Bonchev–Trinajstić information content (AvgIpc) is 2.14. The minimum absolute atomic E-state index is 0.249. The number of carbonyl (C=O) groups is 2. The van der Waals surface area contributed by atoms with Crippen molar-refractivity contribution < 1.29 is 14.3 Å². The standard InChI is InChI=1S/C12H15NO3/c1-12(2,3)16-11(15)9-5-4-8(7-14)6-10(9)13/h4-7H,13H2,1-3H3. The summed E-state index contributed by atoms with van der Waals surface area (Å²) in [5.41, 5.74) is 6.06. The van der Waals surface area contributed by atoms with Crippen LogP contribution in [0, 0.1) is 0 Å². The number of nitrogen functional groups attached to an aromatic ring is 1. The van der Waals surface area contributed by atoms with E-state index in [4.69, 9.17) is 10.5 Å². The number of anilines is 1. The number of carbonyl (C=O) groups excluding carboxylic acids is 2. The molecular weight excluding hydrogens is 206 g/mol. The van der Waals surface area contributed by atoms with Gasteiger partial charge in [-0.3, -0.25) is 4.79 Å². The van der Waals surface area contributed by atoms with Crippen LogP contribution in [0.1, 0.15) is 41.5 Å². The molecule has 0 aliphatic heterocycles. The van der Waals surface area contributed by atoms with Crippen LogP contribution in [-0.2, 0) is 4.74 Å². The highest BCUT2D eigenvalue weighted by Gasteiger charge is 2.19. The second-order valence-electron chi connectivity index (χ2n) is 4.47. The molecule has 0 radical (unpaired) electrons. The molecule has 0 spiro atoms. The Labute approximate surface area is 94.4 Å². The van der Waals surface area contributed by atoms with Crippen molar-refractivity contribution in [3.05, 3.63) is 29.3 Å². The quantitative estimate of drug-likeness (QED) is 0.471. The van der Waals surface area contributed by atoms with E-state index in [1.165, 1.54) is 18.2 Å². The third kappa shape index (κ3) is 3.08. The Morgan fingerprint density at radius 2 is 2.00 bits per heavy atom. The van der Waals surface area contributed by atoms with Gasteiger partial charge in [0.1, 0.15) is 11.9 Å². The van der Waals surface area contributed by atoms with E-state index in [0.717, 1.165) is 0 Å². The van der Waals surface area contributed by atoms with Gasteiger partial charge in [0, 0.05) is 11.3 Å². The second kappa shape index (κ2) is 4.35. The highest BCUT2D eigenvalue weighted by atomic mass is 16.6. The maximum Gasteiger partial charge on any atom is 0.340 e. The van der Waals surface area contributed by atoms with Crippen molar-refractivity contribution in [2.45, 2.75) is 26.4 Å². The lowest BCUT2D eigenvalue weighted by Crippen LogP contribution is -2.24. The molecule has 0 aliphatic rings. The Morgan fingerprint density at radius 1 is 1.38 bits per heavy atom. The van der Waals surface area contributed by atoms with Gasteiger partial charge in [-0.15, -0.1) is 0 Å². The highest BCUT2D eigenvalue weighted by molar-refractivity contribution is 5.96. The number of hydrogen-bond acceptors (Lipinski definition) is 4. The van der Waals surface area contributed by atoms with Gasteiger partial charge in [-0.05, 0) is 32.9 Å². The van der Waals surface area contributed by atoms with Crippen molar-refractivity contribution in [3.63, 3.8) is 0 Å². The zero-order valence-electron chi connectivity index (χ0n) is 9.61. The Balaban J connectivity index is 2.97. The molecule has 2 N–H and O–H groups in total. The van der Waals surface area contributed by atoms with Crippen molar-refractivity contribution in [2.75, 3.05) is 5.73 Å². The molecule has 0 amide bonds. The van der Waals surface area contributed by atoms with E-state index < -0.39 is 11.6 Å². The van der Waals surface area contributed by atoms with Crippen molar-refractivity contribution in [2.24, 2.45) is 0 Å². The number of ether oxygens (including phenoxy) is 1. The second-order valence-corrected chi connectivity index (χ2v) is 4.47. The van der Waals surface area contributed by atoms with Gasteiger partial charge in [0.15, 0.2) is 0 Å². The van der Waals surface area contributed by atoms with Gasteiger partial charge < -0.3 is 10.5 Å². The maximum absolute atomic E-state index is 11.7. The smallest absolute Gasteiger partial charge is 0.340 e. The van der Waals surface area contributed by atoms with Crippen molar-refractivity contribution >= 4 is 17.9 Å². The van der Waals surface area contributed by atoms with Gasteiger partial charge in [-0.25, -0.2) is 4.79 Å². The summed E-state index contributed by atoms with van der Waals surface area (Å²) in [6, 6.07) is 4.47. The van der Waals surface area contributed by atoms with Crippen LogP contribution in [0.25, 0.3) is 0 Å². The predicted octanol–water partition coefficient (Wildman–Crippen LogP) is 2.04. The monoisotopic (exact) mass is 221 g/mol. The third-order valence-corrected chi connectivity index (χ3v) is 1.83. The van der Waals surface area contributed by atoms with Crippen LogP contribution in [0.5, 0.6) is 0 Å². The molecule has 0 unspecified atom stereocenters. The molecule has 0 fully saturated rings. The summed E-state index contributed by atoms with van der Waals surface area (Å²) in [6.07, 6.45) is 0.676. The number of hydrogen-bond donors (Lipinski definition) is 1. The Hall–Kier alpha value is -1.84. The largest absolute Gasteiger partial charge is 0.456 e. The van der Waals surface area contributed by atoms with Crippen LogP contribution in [0.15, 0.2) is 18.2 Å². The van der Waals surface area contributed by atoms with E-state index in [1.807, 2.05) is 0 Å². The van der Waals surface area contributed by atoms with Crippen LogP contribution in [-0.4, -0.2) is 17.9 Å². The number of rotatable bonds is 2. The van der Waals surface area contributed by atoms with Crippen molar-refractivity contribution in [1.82, 2.24) is 0 Å². The van der Waals surface area contributed by atoms with Crippen LogP contribution >= 0.6 is 0 Å². The van der Waals surface area contributed by atoms with Crippen LogP contribution in [0.4, 0.5) is 5.69 Å². The molecule has 0 heterocycles. The normalized spacial score (nSPS) is 10.9. The Morgan fingerprint density at radius 3 is 2.44 bits per heavy atom. The first-order valence-corrected chi connectivity index (χ1v) is 4.91. The Bertz CT molecular complexity index is 419. The number of benzene rings is 1. The molecule has 1 aromatic rings. The minimum atomic E-state index is -0.563. The summed E-state index contributed by atoms with van der Waals surface area (Å²) in [5.74, 6) is -0.484.